The number of thioether (sulfide) groups is 1. The fraction of sp³-hybridized carbons (Fsp3) is 0.167. The number of carbonyl (C=O) groups excluding carboxylic acids is 2. The van der Waals surface area contributed by atoms with Crippen LogP contribution in [0.3, 0.4) is 0 Å². The van der Waals surface area contributed by atoms with E-state index in [1.807, 2.05) is 42.5 Å². The summed E-state index contributed by atoms with van der Waals surface area (Å²) in [5.74, 6) is 0.716. The van der Waals surface area contributed by atoms with Gasteiger partial charge in [-0.3, -0.25) is 4.79 Å². The molecule has 10 heteroatoms. The molecular weight excluding hydrogens is 454 g/mol. The standard InChI is InChI=1S/C24H21N5O4S/c1-32-23(31)17-11-9-15(10-12-17)19-20(22(30)25-14-18-8-5-13-33-18)34-24-27-26-21(29(24)28-19)16-6-3-2-4-7-16/h2-13,19-20,28H,14H2,1H3,(H,25,30)/t19-,20-/m0/s1. The van der Waals surface area contributed by atoms with E-state index in [1.54, 1.807) is 35.2 Å². The first-order valence-electron chi connectivity index (χ1n) is 10.6. The van der Waals surface area contributed by atoms with Crippen molar-refractivity contribution < 1.29 is 18.7 Å². The highest BCUT2D eigenvalue weighted by Crippen LogP contribution is 2.38. The van der Waals surface area contributed by atoms with E-state index < -0.39 is 17.3 Å². The lowest BCUT2D eigenvalue weighted by Crippen LogP contribution is -2.43. The summed E-state index contributed by atoms with van der Waals surface area (Å²) in [6.07, 6.45) is 1.57. The van der Waals surface area contributed by atoms with E-state index in [4.69, 9.17) is 9.15 Å². The molecule has 0 radical (unpaired) electrons. The largest absolute Gasteiger partial charge is 0.467 e. The minimum absolute atomic E-state index is 0.175. The SMILES string of the molecule is COC(=O)c1ccc([C@@H]2Nn3c(nnc3-c3ccccc3)S[C@@H]2C(=O)NCc2ccco2)cc1. The van der Waals surface area contributed by atoms with Crippen molar-refractivity contribution in [1.82, 2.24) is 20.2 Å². The molecule has 0 saturated heterocycles. The number of hydrogen-bond acceptors (Lipinski definition) is 8. The van der Waals surface area contributed by atoms with Crippen LogP contribution in [0.1, 0.15) is 27.7 Å². The summed E-state index contributed by atoms with van der Waals surface area (Å²) in [4.78, 5) is 25.1. The first-order chi connectivity index (χ1) is 16.6. The molecule has 9 nitrogen and oxygen atoms in total. The molecule has 2 aromatic carbocycles. The Morgan fingerprint density at radius 1 is 1.09 bits per heavy atom. The first-order valence-corrected chi connectivity index (χ1v) is 11.4. The number of furan rings is 1. The quantitative estimate of drug-likeness (QED) is 0.408. The lowest BCUT2D eigenvalue weighted by molar-refractivity contribution is -0.121. The van der Waals surface area contributed by atoms with Gasteiger partial charge in [-0.15, -0.1) is 10.2 Å². The highest BCUT2D eigenvalue weighted by Gasteiger charge is 2.38. The Kier molecular flexibility index (Phi) is 6.05. The van der Waals surface area contributed by atoms with Gasteiger partial charge in [-0.05, 0) is 29.8 Å². The maximum absolute atomic E-state index is 13.2. The molecule has 172 valence electrons. The van der Waals surface area contributed by atoms with Crippen molar-refractivity contribution >= 4 is 23.6 Å². The van der Waals surface area contributed by atoms with E-state index in [9.17, 15) is 9.59 Å². The monoisotopic (exact) mass is 475 g/mol. The number of rotatable bonds is 6. The molecule has 1 aliphatic rings. The molecule has 2 N–H and O–H groups in total. The van der Waals surface area contributed by atoms with E-state index in [1.165, 1.54) is 18.9 Å². The van der Waals surface area contributed by atoms with E-state index in [-0.39, 0.29) is 12.5 Å². The number of nitrogens with one attached hydrogen (secondary N) is 2. The van der Waals surface area contributed by atoms with Crippen molar-refractivity contribution in [3.05, 3.63) is 89.9 Å². The second-order valence-electron chi connectivity index (χ2n) is 7.56. The molecule has 3 heterocycles. The van der Waals surface area contributed by atoms with Gasteiger partial charge in [0, 0.05) is 5.56 Å². The molecule has 0 saturated carbocycles. The number of ether oxygens (including phenoxy) is 1. The summed E-state index contributed by atoms with van der Waals surface area (Å²) in [6, 6.07) is 19.9. The van der Waals surface area contributed by atoms with Crippen LogP contribution in [0.25, 0.3) is 11.4 Å². The Labute approximate surface area is 199 Å². The van der Waals surface area contributed by atoms with Crippen molar-refractivity contribution in [2.24, 2.45) is 0 Å². The summed E-state index contributed by atoms with van der Waals surface area (Å²) < 4.78 is 11.9. The Bertz CT molecular complexity index is 1290. The van der Waals surface area contributed by atoms with Gasteiger partial charge in [0.15, 0.2) is 5.82 Å². The van der Waals surface area contributed by atoms with Gasteiger partial charge >= 0.3 is 5.97 Å². The number of hydrogen-bond donors (Lipinski definition) is 2. The maximum Gasteiger partial charge on any atom is 0.337 e. The summed E-state index contributed by atoms with van der Waals surface area (Å²) >= 11 is 1.33. The molecule has 34 heavy (non-hydrogen) atoms. The maximum atomic E-state index is 13.2. The smallest absolute Gasteiger partial charge is 0.337 e. The number of nitrogens with zero attached hydrogens (tertiary/aromatic N) is 3. The van der Waals surface area contributed by atoms with Crippen molar-refractivity contribution in [3.63, 3.8) is 0 Å². The summed E-state index contributed by atoms with van der Waals surface area (Å²) in [6.45, 7) is 0.277. The van der Waals surface area contributed by atoms with Gasteiger partial charge in [0.1, 0.15) is 11.0 Å². The van der Waals surface area contributed by atoms with E-state index in [2.05, 4.69) is 20.9 Å². The lowest BCUT2D eigenvalue weighted by Gasteiger charge is -2.33. The minimum Gasteiger partial charge on any atom is -0.467 e. The van der Waals surface area contributed by atoms with Crippen LogP contribution in [-0.2, 0) is 16.1 Å². The van der Waals surface area contributed by atoms with Crippen LogP contribution >= 0.6 is 11.8 Å². The Balaban J connectivity index is 1.47. The number of fused-ring (bicyclic) bond motifs is 1. The van der Waals surface area contributed by atoms with Crippen LogP contribution in [0, 0.1) is 0 Å². The highest BCUT2D eigenvalue weighted by atomic mass is 32.2. The zero-order valence-electron chi connectivity index (χ0n) is 18.2. The minimum atomic E-state index is -0.542. The molecular formula is C24H21N5O4S. The van der Waals surface area contributed by atoms with Crippen LogP contribution in [0.4, 0.5) is 0 Å². The molecule has 5 rings (SSSR count). The number of aromatic nitrogens is 3. The third kappa shape index (κ3) is 4.27. The molecule has 1 aliphatic heterocycles. The fourth-order valence-corrected chi connectivity index (χ4v) is 4.82. The normalized spacial score (nSPS) is 16.9. The molecule has 1 amide bonds. The number of benzene rings is 2. The third-order valence-electron chi connectivity index (χ3n) is 5.43. The molecule has 2 aromatic heterocycles. The molecule has 4 aromatic rings. The lowest BCUT2D eigenvalue weighted by atomic mass is 10.0. The summed E-state index contributed by atoms with van der Waals surface area (Å²) in [5, 5.41) is 11.6. The second-order valence-corrected chi connectivity index (χ2v) is 8.67. The number of esters is 1. The van der Waals surface area contributed by atoms with Crippen LogP contribution in [0.2, 0.25) is 0 Å². The Morgan fingerprint density at radius 2 is 1.88 bits per heavy atom. The average molecular weight is 476 g/mol. The summed E-state index contributed by atoms with van der Waals surface area (Å²) in [5.41, 5.74) is 5.58. The van der Waals surface area contributed by atoms with Gasteiger partial charge in [-0.1, -0.05) is 54.2 Å². The van der Waals surface area contributed by atoms with Gasteiger partial charge in [-0.25, -0.2) is 9.47 Å². The molecule has 0 fully saturated rings. The van der Waals surface area contributed by atoms with Crippen LogP contribution in [0.5, 0.6) is 0 Å². The van der Waals surface area contributed by atoms with E-state index in [0.29, 0.717) is 22.3 Å². The van der Waals surface area contributed by atoms with Crippen LogP contribution in [-0.4, -0.2) is 39.1 Å². The third-order valence-corrected chi connectivity index (χ3v) is 6.65. The molecule has 0 bridgehead atoms. The number of methoxy groups -OCH3 is 1. The van der Waals surface area contributed by atoms with Gasteiger partial charge in [0.25, 0.3) is 0 Å². The predicted molar refractivity (Wildman–Crippen MR) is 126 cm³/mol. The van der Waals surface area contributed by atoms with Crippen molar-refractivity contribution in [3.8, 4) is 11.4 Å². The van der Waals surface area contributed by atoms with Gasteiger partial charge in [0.05, 0.1) is 31.5 Å². The Morgan fingerprint density at radius 3 is 2.59 bits per heavy atom. The van der Waals surface area contributed by atoms with Crippen molar-refractivity contribution in [2.75, 3.05) is 12.5 Å². The van der Waals surface area contributed by atoms with E-state index in [0.717, 1.165) is 11.1 Å². The van der Waals surface area contributed by atoms with Crippen LogP contribution in [0.15, 0.2) is 82.6 Å². The van der Waals surface area contributed by atoms with Crippen molar-refractivity contribution in [1.29, 1.82) is 0 Å². The molecule has 0 spiro atoms. The van der Waals surface area contributed by atoms with Crippen LogP contribution < -0.4 is 10.7 Å². The molecule has 0 aliphatic carbocycles. The topological polar surface area (TPSA) is 111 Å². The zero-order chi connectivity index (χ0) is 23.5. The fourth-order valence-electron chi connectivity index (χ4n) is 3.71. The number of carbonyl (C=O) groups is 2. The average Bonchev–Trinajstić information content (AvgIpc) is 3.56. The van der Waals surface area contributed by atoms with Gasteiger partial charge in [0.2, 0.25) is 11.1 Å². The highest BCUT2D eigenvalue weighted by molar-refractivity contribution is 8.00. The first kappa shape index (κ1) is 21.8. The van der Waals surface area contributed by atoms with Gasteiger partial charge in [-0.2, -0.15) is 0 Å². The molecule has 2 atom stereocenters. The zero-order valence-corrected chi connectivity index (χ0v) is 19.0. The second kappa shape index (κ2) is 9.44. The van der Waals surface area contributed by atoms with E-state index >= 15 is 0 Å². The molecule has 0 unspecified atom stereocenters. The summed E-state index contributed by atoms with van der Waals surface area (Å²) in [7, 11) is 1.34. The Hall–Kier alpha value is -4.05. The predicted octanol–water partition coefficient (Wildman–Crippen LogP) is 3.40. The van der Waals surface area contributed by atoms with Gasteiger partial charge < -0.3 is 19.9 Å². The van der Waals surface area contributed by atoms with Crippen molar-refractivity contribution in [2.45, 2.75) is 23.0 Å². The number of amides is 1.